The fourth-order valence-corrected chi connectivity index (χ4v) is 2.58. The number of nitrogens with one attached hydrogen (secondary N) is 1. The third-order valence-corrected chi connectivity index (χ3v) is 3.45. The maximum Gasteiger partial charge on any atom is 0.0704 e. The highest BCUT2D eigenvalue weighted by Gasteiger charge is 2.18. The van der Waals surface area contributed by atoms with Crippen molar-refractivity contribution < 1.29 is 0 Å². The van der Waals surface area contributed by atoms with Crippen LogP contribution in [0.15, 0.2) is 42.6 Å². The van der Waals surface area contributed by atoms with Crippen molar-refractivity contribution in [2.24, 2.45) is 0 Å². The highest BCUT2D eigenvalue weighted by Crippen LogP contribution is 2.30. The van der Waals surface area contributed by atoms with Gasteiger partial charge in [0.1, 0.15) is 0 Å². The Morgan fingerprint density at radius 1 is 1.18 bits per heavy atom. The van der Waals surface area contributed by atoms with Crippen LogP contribution in [0.1, 0.15) is 24.1 Å². The quantitative estimate of drug-likeness (QED) is 0.805. The molecule has 0 fully saturated rings. The molecule has 3 rings (SSSR count). The molecule has 0 bridgehead atoms. The maximum absolute atomic E-state index is 4.46. The minimum absolute atomic E-state index is 0.447. The summed E-state index contributed by atoms with van der Waals surface area (Å²) in [6.07, 6.45) is 2.95. The molecule has 0 amide bonds. The van der Waals surface area contributed by atoms with Gasteiger partial charge in [0.15, 0.2) is 0 Å². The Morgan fingerprint density at radius 3 is 2.94 bits per heavy atom. The standard InChI is InChI=1S/C15H16N2/c1-11-12-5-4-6-14(13(12)8-10-16-11)15-7-2-3-9-17-15/h2-7,9,11,16H,8,10H2,1H3. The highest BCUT2D eigenvalue weighted by atomic mass is 14.9. The maximum atomic E-state index is 4.46. The van der Waals surface area contributed by atoms with Crippen molar-refractivity contribution in [1.82, 2.24) is 10.3 Å². The molecule has 1 aromatic carbocycles. The van der Waals surface area contributed by atoms with Gasteiger partial charge in [-0.2, -0.15) is 0 Å². The van der Waals surface area contributed by atoms with E-state index in [1.165, 1.54) is 16.7 Å². The summed E-state index contributed by atoms with van der Waals surface area (Å²) >= 11 is 0. The van der Waals surface area contributed by atoms with Crippen molar-refractivity contribution in [3.05, 3.63) is 53.7 Å². The van der Waals surface area contributed by atoms with Crippen LogP contribution >= 0.6 is 0 Å². The van der Waals surface area contributed by atoms with Crippen molar-refractivity contribution in [1.29, 1.82) is 0 Å². The van der Waals surface area contributed by atoms with E-state index in [1.54, 1.807) is 0 Å². The molecule has 0 saturated heterocycles. The Balaban J connectivity index is 2.16. The van der Waals surface area contributed by atoms with Gasteiger partial charge in [-0.1, -0.05) is 24.3 Å². The lowest BCUT2D eigenvalue weighted by atomic mass is 9.90. The lowest BCUT2D eigenvalue weighted by Gasteiger charge is -2.25. The Kier molecular flexibility index (Phi) is 2.65. The summed E-state index contributed by atoms with van der Waals surface area (Å²) in [6.45, 7) is 3.28. The van der Waals surface area contributed by atoms with Crippen molar-refractivity contribution in [3.8, 4) is 11.3 Å². The van der Waals surface area contributed by atoms with Gasteiger partial charge in [-0.05, 0) is 43.1 Å². The first-order valence-corrected chi connectivity index (χ1v) is 6.13. The molecule has 2 nitrogen and oxygen atoms in total. The fourth-order valence-electron chi connectivity index (χ4n) is 2.58. The monoisotopic (exact) mass is 224 g/mol. The molecule has 2 aromatic rings. The van der Waals surface area contributed by atoms with Gasteiger partial charge in [-0.25, -0.2) is 0 Å². The summed E-state index contributed by atoms with van der Waals surface area (Å²) in [5, 5.41) is 3.50. The van der Waals surface area contributed by atoms with Gasteiger partial charge in [-0.15, -0.1) is 0 Å². The van der Waals surface area contributed by atoms with Gasteiger partial charge in [0, 0.05) is 17.8 Å². The van der Waals surface area contributed by atoms with Gasteiger partial charge in [0.2, 0.25) is 0 Å². The van der Waals surface area contributed by atoms with Crippen LogP contribution < -0.4 is 5.32 Å². The van der Waals surface area contributed by atoms with E-state index < -0.39 is 0 Å². The Bertz CT molecular complexity index is 520. The minimum Gasteiger partial charge on any atom is -0.310 e. The number of rotatable bonds is 1. The summed E-state index contributed by atoms with van der Waals surface area (Å²) in [5.41, 5.74) is 5.24. The predicted octanol–water partition coefficient (Wildman–Crippen LogP) is 2.96. The van der Waals surface area contributed by atoms with E-state index in [2.05, 4.69) is 41.5 Å². The van der Waals surface area contributed by atoms with Crippen LogP contribution in [-0.2, 0) is 6.42 Å². The summed E-state index contributed by atoms with van der Waals surface area (Å²) in [4.78, 5) is 4.46. The van der Waals surface area contributed by atoms with Crippen LogP contribution in [0.25, 0.3) is 11.3 Å². The number of hydrogen-bond donors (Lipinski definition) is 1. The second-order valence-corrected chi connectivity index (χ2v) is 4.51. The summed E-state index contributed by atoms with van der Waals surface area (Å²) in [6, 6.07) is 13.1. The van der Waals surface area contributed by atoms with E-state index in [1.807, 2.05) is 18.3 Å². The molecule has 1 atom stereocenters. The Morgan fingerprint density at radius 2 is 2.12 bits per heavy atom. The fraction of sp³-hybridized carbons (Fsp3) is 0.267. The first kappa shape index (κ1) is 10.5. The smallest absolute Gasteiger partial charge is 0.0704 e. The molecule has 2 heterocycles. The van der Waals surface area contributed by atoms with Crippen LogP contribution in [0.5, 0.6) is 0 Å². The number of nitrogens with zero attached hydrogens (tertiary/aromatic N) is 1. The average molecular weight is 224 g/mol. The molecular weight excluding hydrogens is 208 g/mol. The minimum atomic E-state index is 0.447. The molecule has 1 aromatic heterocycles. The van der Waals surface area contributed by atoms with Crippen molar-refractivity contribution in [2.45, 2.75) is 19.4 Å². The summed E-state index contributed by atoms with van der Waals surface area (Å²) < 4.78 is 0. The second kappa shape index (κ2) is 4.30. The molecule has 17 heavy (non-hydrogen) atoms. The summed E-state index contributed by atoms with van der Waals surface area (Å²) in [5.74, 6) is 0. The molecule has 0 radical (unpaired) electrons. The molecule has 1 aliphatic rings. The summed E-state index contributed by atoms with van der Waals surface area (Å²) in [7, 11) is 0. The molecule has 2 heteroatoms. The van der Waals surface area contributed by atoms with Crippen LogP contribution in [0.3, 0.4) is 0 Å². The van der Waals surface area contributed by atoms with Gasteiger partial charge >= 0.3 is 0 Å². The lowest BCUT2D eigenvalue weighted by molar-refractivity contribution is 0.541. The third kappa shape index (κ3) is 1.85. The molecule has 0 aliphatic carbocycles. The van der Waals surface area contributed by atoms with E-state index in [-0.39, 0.29) is 0 Å². The average Bonchev–Trinajstić information content (AvgIpc) is 2.40. The van der Waals surface area contributed by atoms with Crippen LogP contribution in [0.4, 0.5) is 0 Å². The zero-order valence-electron chi connectivity index (χ0n) is 9.98. The Hall–Kier alpha value is -1.67. The molecule has 1 unspecified atom stereocenters. The zero-order valence-corrected chi connectivity index (χ0v) is 9.98. The van der Waals surface area contributed by atoms with E-state index in [4.69, 9.17) is 0 Å². The molecule has 1 aliphatic heterocycles. The number of hydrogen-bond acceptors (Lipinski definition) is 2. The van der Waals surface area contributed by atoms with E-state index in [9.17, 15) is 0 Å². The first-order chi connectivity index (χ1) is 8.36. The van der Waals surface area contributed by atoms with Gasteiger partial charge in [0.05, 0.1) is 5.69 Å². The second-order valence-electron chi connectivity index (χ2n) is 4.51. The molecule has 86 valence electrons. The number of pyridine rings is 1. The first-order valence-electron chi connectivity index (χ1n) is 6.13. The molecule has 1 N–H and O–H groups in total. The number of fused-ring (bicyclic) bond motifs is 1. The molecule has 0 saturated carbocycles. The van der Waals surface area contributed by atoms with Crippen LogP contribution in [0, 0.1) is 0 Å². The SMILES string of the molecule is CC1NCCc2c(-c3ccccn3)cccc21. The van der Waals surface area contributed by atoms with Gasteiger partial charge < -0.3 is 5.32 Å². The normalized spacial score (nSPS) is 18.8. The van der Waals surface area contributed by atoms with Crippen molar-refractivity contribution in [3.63, 3.8) is 0 Å². The Labute approximate surface area is 102 Å². The van der Waals surface area contributed by atoms with Crippen LogP contribution in [-0.4, -0.2) is 11.5 Å². The highest BCUT2D eigenvalue weighted by molar-refractivity contribution is 5.66. The van der Waals surface area contributed by atoms with E-state index in [0.29, 0.717) is 6.04 Å². The third-order valence-electron chi connectivity index (χ3n) is 3.45. The van der Waals surface area contributed by atoms with Crippen molar-refractivity contribution >= 4 is 0 Å². The number of aromatic nitrogens is 1. The lowest BCUT2D eigenvalue weighted by Crippen LogP contribution is -2.28. The topological polar surface area (TPSA) is 24.9 Å². The van der Waals surface area contributed by atoms with E-state index in [0.717, 1.165) is 18.7 Å². The van der Waals surface area contributed by atoms with Gasteiger partial charge in [-0.3, -0.25) is 4.98 Å². The van der Waals surface area contributed by atoms with Gasteiger partial charge in [0.25, 0.3) is 0 Å². The largest absolute Gasteiger partial charge is 0.310 e. The molecular formula is C15H16N2. The zero-order chi connectivity index (χ0) is 11.7. The van der Waals surface area contributed by atoms with E-state index >= 15 is 0 Å². The molecule has 0 spiro atoms. The number of benzene rings is 1. The van der Waals surface area contributed by atoms with Crippen molar-refractivity contribution in [2.75, 3.05) is 6.54 Å². The van der Waals surface area contributed by atoms with Crippen LogP contribution in [0.2, 0.25) is 0 Å². The predicted molar refractivity (Wildman–Crippen MR) is 69.8 cm³/mol.